The maximum atomic E-state index is 12.4. The lowest BCUT2D eigenvalue weighted by atomic mass is 10.1. The summed E-state index contributed by atoms with van der Waals surface area (Å²) in [5, 5.41) is 0. The van der Waals surface area contributed by atoms with Crippen LogP contribution in [-0.4, -0.2) is 44.7 Å². The fourth-order valence-electron chi connectivity index (χ4n) is 1.98. The Balaban J connectivity index is 2.35. The van der Waals surface area contributed by atoms with Gasteiger partial charge in [0.05, 0.1) is 12.0 Å². The summed E-state index contributed by atoms with van der Waals surface area (Å²) in [5.74, 6) is 0.0970. The Labute approximate surface area is 135 Å². The lowest BCUT2D eigenvalue weighted by molar-refractivity contribution is 0.103. The topological polar surface area (TPSA) is 76.6 Å². The zero-order valence-corrected chi connectivity index (χ0v) is 14.2. The monoisotopic (exact) mass is 334 g/mol. The van der Waals surface area contributed by atoms with Gasteiger partial charge in [0.25, 0.3) is 0 Å². The molecule has 0 fully saturated rings. The first kappa shape index (κ1) is 17.1. The van der Waals surface area contributed by atoms with Gasteiger partial charge in [-0.3, -0.25) is 4.79 Å². The van der Waals surface area contributed by atoms with Gasteiger partial charge >= 0.3 is 0 Å². The highest BCUT2D eigenvalue weighted by atomic mass is 32.2. The van der Waals surface area contributed by atoms with Gasteiger partial charge in [-0.1, -0.05) is 6.07 Å². The number of ether oxygens (including phenoxy) is 1. The summed E-state index contributed by atoms with van der Waals surface area (Å²) in [6.45, 7) is 1.83. The highest BCUT2D eigenvalue weighted by molar-refractivity contribution is 7.89. The highest BCUT2D eigenvalue weighted by Crippen LogP contribution is 2.18. The van der Waals surface area contributed by atoms with E-state index in [1.807, 2.05) is 6.92 Å². The van der Waals surface area contributed by atoms with Crippen molar-refractivity contribution in [1.82, 2.24) is 9.29 Å². The van der Waals surface area contributed by atoms with Crippen LogP contribution in [0.2, 0.25) is 0 Å². The largest absolute Gasteiger partial charge is 0.481 e. The number of sulfonamides is 1. The lowest BCUT2D eigenvalue weighted by Crippen LogP contribution is -2.22. The van der Waals surface area contributed by atoms with Crippen molar-refractivity contribution in [2.24, 2.45) is 0 Å². The van der Waals surface area contributed by atoms with Crippen LogP contribution < -0.4 is 4.74 Å². The molecule has 0 spiro atoms. The number of hydrogen-bond donors (Lipinski definition) is 0. The second-order valence-corrected chi connectivity index (χ2v) is 7.32. The number of carbonyl (C=O) groups is 1. The van der Waals surface area contributed by atoms with Crippen LogP contribution in [0.4, 0.5) is 0 Å². The van der Waals surface area contributed by atoms with Gasteiger partial charge in [-0.15, -0.1) is 0 Å². The van der Waals surface area contributed by atoms with Crippen molar-refractivity contribution in [1.29, 1.82) is 0 Å². The van der Waals surface area contributed by atoms with E-state index in [1.165, 1.54) is 45.5 Å². The van der Waals surface area contributed by atoms with E-state index in [2.05, 4.69) is 4.98 Å². The number of pyridine rings is 1. The summed E-state index contributed by atoms with van der Waals surface area (Å²) >= 11 is 0. The number of hydrogen-bond acceptors (Lipinski definition) is 5. The minimum Gasteiger partial charge on any atom is -0.481 e. The number of methoxy groups -OCH3 is 1. The molecule has 0 saturated carbocycles. The third kappa shape index (κ3) is 3.40. The van der Waals surface area contributed by atoms with E-state index in [4.69, 9.17) is 4.74 Å². The Morgan fingerprint density at radius 3 is 2.22 bits per heavy atom. The minimum atomic E-state index is -3.51. The molecule has 0 atom stereocenters. The molecule has 0 radical (unpaired) electrons. The summed E-state index contributed by atoms with van der Waals surface area (Å²) in [4.78, 5) is 16.7. The zero-order valence-electron chi connectivity index (χ0n) is 13.4. The maximum Gasteiger partial charge on any atom is 0.242 e. The number of benzene rings is 1. The lowest BCUT2D eigenvalue weighted by Gasteiger charge is -2.11. The molecule has 1 heterocycles. The molecule has 0 aliphatic rings. The van der Waals surface area contributed by atoms with E-state index in [0.29, 0.717) is 11.4 Å². The van der Waals surface area contributed by atoms with Crippen molar-refractivity contribution in [2.45, 2.75) is 11.8 Å². The average Bonchev–Trinajstić information content (AvgIpc) is 2.54. The van der Waals surface area contributed by atoms with Crippen LogP contribution in [0.25, 0.3) is 0 Å². The van der Waals surface area contributed by atoms with Gasteiger partial charge < -0.3 is 4.74 Å². The van der Waals surface area contributed by atoms with E-state index in [1.54, 1.807) is 12.1 Å². The fourth-order valence-corrected chi connectivity index (χ4v) is 2.88. The number of rotatable bonds is 5. The molecular weight excluding hydrogens is 316 g/mol. The van der Waals surface area contributed by atoms with Gasteiger partial charge in [0.15, 0.2) is 0 Å². The molecule has 1 aromatic carbocycles. The molecule has 2 rings (SSSR count). The first-order valence-electron chi connectivity index (χ1n) is 6.86. The Kier molecular flexibility index (Phi) is 4.82. The van der Waals surface area contributed by atoms with Gasteiger partial charge in [0.2, 0.25) is 21.7 Å². The quantitative estimate of drug-likeness (QED) is 0.780. The van der Waals surface area contributed by atoms with Crippen molar-refractivity contribution in [3.63, 3.8) is 0 Å². The highest BCUT2D eigenvalue weighted by Gasteiger charge is 2.18. The second kappa shape index (κ2) is 6.47. The van der Waals surface area contributed by atoms with E-state index in [0.717, 1.165) is 9.87 Å². The molecule has 0 amide bonds. The summed E-state index contributed by atoms with van der Waals surface area (Å²) in [7, 11) is 0.887. The van der Waals surface area contributed by atoms with Crippen molar-refractivity contribution in [3.05, 3.63) is 53.2 Å². The third-order valence-electron chi connectivity index (χ3n) is 3.37. The van der Waals surface area contributed by atoms with Crippen LogP contribution in [0.1, 0.15) is 21.6 Å². The maximum absolute atomic E-state index is 12.4. The molecule has 0 N–H and O–H groups in total. The van der Waals surface area contributed by atoms with Gasteiger partial charge in [-0.05, 0) is 37.3 Å². The second-order valence-electron chi connectivity index (χ2n) is 5.16. The third-order valence-corrected chi connectivity index (χ3v) is 5.20. The summed E-state index contributed by atoms with van der Waals surface area (Å²) in [6.07, 6.45) is 0. The number of aryl methyl sites for hydroxylation is 1. The van der Waals surface area contributed by atoms with Crippen LogP contribution >= 0.6 is 0 Å². The SMILES string of the molecule is COc1nc(C(=O)c2ccc(S(=O)(=O)N(C)C)cc2)ccc1C. The molecule has 0 unspecified atom stereocenters. The van der Waals surface area contributed by atoms with Crippen molar-refractivity contribution < 1.29 is 17.9 Å². The van der Waals surface area contributed by atoms with Crippen LogP contribution in [-0.2, 0) is 10.0 Å². The Hall–Kier alpha value is -2.25. The van der Waals surface area contributed by atoms with Crippen LogP contribution in [0.3, 0.4) is 0 Å². The summed E-state index contributed by atoms with van der Waals surface area (Å²) < 4.78 is 30.3. The number of aromatic nitrogens is 1. The van der Waals surface area contributed by atoms with E-state index in [-0.39, 0.29) is 16.4 Å². The molecule has 0 aliphatic heterocycles. The molecule has 122 valence electrons. The Morgan fingerprint density at radius 2 is 1.70 bits per heavy atom. The predicted molar refractivity (Wildman–Crippen MR) is 86.3 cm³/mol. The van der Waals surface area contributed by atoms with Gasteiger partial charge in [-0.2, -0.15) is 0 Å². The van der Waals surface area contributed by atoms with Crippen molar-refractivity contribution in [2.75, 3.05) is 21.2 Å². The minimum absolute atomic E-state index is 0.133. The summed E-state index contributed by atoms with van der Waals surface area (Å²) in [5.41, 5.74) is 1.44. The van der Waals surface area contributed by atoms with E-state index in [9.17, 15) is 13.2 Å². The van der Waals surface area contributed by atoms with E-state index < -0.39 is 10.0 Å². The average molecular weight is 334 g/mol. The smallest absolute Gasteiger partial charge is 0.242 e. The molecule has 1 aromatic heterocycles. The predicted octanol–water partition coefficient (Wildman–Crippen LogP) is 1.88. The first-order valence-corrected chi connectivity index (χ1v) is 8.30. The molecule has 0 saturated heterocycles. The van der Waals surface area contributed by atoms with Crippen molar-refractivity contribution >= 4 is 15.8 Å². The van der Waals surface area contributed by atoms with Crippen molar-refractivity contribution in [3.8, 4) is 5.88 Å². The summed E-state index contributed by atoms with van der Waals surface area (Å²) in [6, 6.07) is 9.15. The normalized spacial score (nSPS) is 11.5. The van der Waals surface area contributed by atoms with Gasteiger partial charge in [-0.25, -0.2) is 17.7 Å². The molecular formula is C16H18N2O4S. The molecule has 0 aliphatic carbocycles. The van der Waals surface area contributed by atoms with Crippen LogP contribution in [0.5, 0.6) is 5.88 Å². The van der Waals surface area contributed by atoms with Crippen LogP contribution in [0, 0.1) is 6.92 Å². The molecule has 0 bridgehead atoms. The Morgan fingerprint density at radius 1 is 1.09 bits per heavy atom. The van der Waals surface area contributed by atoms with Gasteiger partial charge in [0, 0.05) is 25.2 Å². The fraction of sp³-hybridized carbons (Fsp3) is 0.250. The van der Waals surface area contributed by atoms with Crippen LogP contribution in [0.15, 0.2) is 41.3 Å². The van der Waals surface area contributed by atoms with Gasteiger partial charge in [0.1, 0.15) is 5.69 Å². The molecule has 23 heavy (non-hydrogen) atoms. The van der Waals surface area contributed by atoms with E-state index >= 15 is 0 Å². The number of carbonyl (C=O) groups excluding carboxylic acids is 1. The molecule has 2 aromatic rings. The standard InChI is InChI=1S/C16H18N2O4S/c1-11-5-10-14(17-16(11)22-4)15(19)12-6-8-13(9-7-12)23(20,21)18(2)3/h5-10H,1-4H3. The molecule has 7 heteroatoms. The molecule has 6 nitrogen and oxygen atoms in total. The zero-order chi connectivity index (χ0) is 17.2. The Bertz CT molecular complexity index is 828. The number of ketones is 1. The number of nitrogens with zero attached hydrogens (tertiary/aromatic N) is 2. The first-order chi connectivity index (χ1) is 10.8.